The first kappa shape index (κ1) is 12.7. The number of aromatic amines is 1. The number of rotatable bonds is 5. The number of hydrogen-bond acceptors (Lipinski definition) is 1. The van der Waals surface area contributed by atoms with Crippen LogP contribution in [-0.4, -0.2) is 17.7 Å². The summed E-state index contributed by atoms with van der Waals surface area (Å²) in [5.41, 5.74) is 3.86. The van der Waals surface area contributed by atoms with Crippen molar-refractivity contribution in [3.05, 3.63) is 71.9 Å². The maximum atomic E-state index is 4.51. The molecule has 0 saturated carbocycles. The van der Waals surface area contributed by atoms with Crippen molar-refractivity contribution in [1.82, 2.24) is 4.98 Å². The van der Waals surface area contributed by atoms with Crippen LogP contribution in [0.25, 0.3) is 10.9 Å². The Kier molecular flexibility index (Phi) is 3.93. The number of aromatic nitrogens is 1. The minimum atomic E-state index is 0.842. The summed E-state index contributed by atoms with van der Waals surface area (Å²) in [5, 5.41) is 1.31. The molecule has 2 nitrogen and oxygen atoms in total. The highest BCUT2D eigenvalue weighted by Crippen LogP contribution is 2.17. The summed E-state index contributed by atoms with van der Waals surface area (Å²) in [7, 11) is 0. The Balaban J connectivity index is 1.55. The number of aliphatic imine (C=N–C) groups is 1. The SMILES string of the molecule is C(Cc1ccccc1)=NCCc1c[nH]c2ccccc12. The van der Waals surface area contributed by atoms with Gasteiger partial charge in [-0.2, -0.15) is 0 Å². The first-order chi connectivity index (χ1) is 9.93. The van der Waals surface area contributed by atoms with E-state index in [2.05, 4.69) is 64.7 Å². The highest BCUT2D eigenvalue weighted by atomic mass is 14.7. The van der Waals surface area contributed by atoms with Crippen molar-refractivity contribution in [2.24, 2.45) is 4.99 Å². The first-order valence-corrected chi connectivity index (χ1v) is 7.01. The molecule has 1 N–H and O–H groups in total. The Hall–Kier alpha value is -2.35. The molecule has 0 aliphatic rings. The van der Waals surface area contributed by atoms with Gasteiger partial charge in [0.15, 0.2) is 0 Å². The van der Waals surface area contributed by atoms with E-state index in [1.54, 1.807) is 0 Å². The summed E-state index contributed by atoms with van der Waals surface area (Å²) < 4.78 is 0. The van der Waals surface area contributed by atoms with E-state index in [1.807, 2.05) is 12.3 Å². The number of H-pyrrole nitrogens is 1. The van der Waals surface area contributed by atoms with Crippen LogP contribution in [0.5, 0.6) is 0 Å². The van der Waals surface area contributed by atoms with Gasteiger partial charge in [-0.15, -0.1) is 0 Å². The van der Waals surface area contributed by atoms with Crippen LogP contribution in [0.2, 0.25) is 0 Å². The van der Waals surface area contributed by atoms with E-state index in [1.165, 1.54) is 22.0 Å². The van der Waals surface area contributed by atoms with Crippen LogP contribution in [-0.2, 0) is 12.8 Å². The van der Waals surface area contributed by atoms with Crippen LogP contribution in [0, 0.1) is 0 Å². The zero-order chi connectivity index (χ0) is 13.6. The van der Waals surface area contributed by atoms with Gasteiger partial charge < -0.3 is 4.98 Å². The second-order valence-electron chi connectivity index (χ2n) is 4.89. The molecule has 0 fully saturated rings. The fourth-order valence-corrected chi connectivity index (χ4v) is 2.40. The quantitative estimate of drug-likeness (QED) is 0.673. The Labute approximate surface area is 119 Å². The van der Waals surface area contributed by atoms with Crippen molar-refractivity contribution in [2.45, 2.75) is 12.8 Å². The average molecular weight is 262 g/mol. The highest BCUT2D eigenvalue weighted by Gasteiger charge is 2.01. The van der Waals surface area contributed by atoms with Gasteiger partial charge >= 0.3 is 0 Å². The second-order valence-corrected chi connectivity index (χ2v) is 4.89. The van der Waals surface area contributed by atoms with Gasteiger partial charge in [-0.1, -0.05) is 48.5 Å². The van der Waals surface area contributed by atoms with E-state index >= 15 is 0 Å². The third-order valence-corrected chi connectivity index (χ3v) is 3.48. The summed E-state index contributed by atoms with van der Waals surface area (Å²) in [4.78, 5) is 7.81. The lowest BCUT2D eigenvalue weighted by atomic mass is 10.1. The molecule has 2 heteroatoms. The van der Waals surface area contributed by atoms with Gasteiger partial charge in [-0.05, 0) is 23.6 Å². The van der Waals surface area contributed by atoms with Crippen molar-refractivity contribution < 1.29 is 0 Å². The number of nitrogens with zero attached hydrogens (tertiary/aromatic N) is 1. The monoisotopic (exact) mass is 262 g/mol. The lowest BCUT2D eigenvalue weighted by Gasteiger charge is -1.96. The van der Waals surface area contributed by atoms with Crippen molar-refractivity contribution in [3.8, 4) is 0 Å². The van der Waals surface area contributed by atoms with Gasteiger partial charge in [0.05, 0.1) is 0 Å². The average Bonchev–Trinajstić information content (AvgIpc) is 2.91. The van der Waals surface area contributed by atoms with Gasteiger partial charge in [0.2, 0.25) is 0 Å². The summed E-state index contributed by atoms with van der Waals surface area (Å²) >= 11 is 0. The minimum absolute atomic E-state index is 0.842. The fraction of sp³-hybridized carbons (Fsp3) is 0.167. The predicted molar refractivity (Wildman–Crippen MR) is 85.5 cm³/mol. The van der Waals surface area contributed by atoms with Crippen molar-refractivity contribution >= 4 is 17.1 Å². The highest BCUT2D eigenvalue weighted by molar-refractivity contribution is 5.83. The third-order valence-electron chi connectivity index (χ3n) is 3.48. The maximum absolute atomic E-state index is 4.51. The van der Waals surface area contributed by atoms with Crippen molar-refractivity contribution in [1.29, 1.82) is 0 Å². The van der Waals surface area contributed by atoms with E-state index in [0.717, 1.165) is 19.4 Å². The normalized spacial score (nSPS) is 11.4. The Bertz CT molecular complexity index is 696. The van der Waals surface area contributed by atoms with E-state index < -0.39 is 0 Å². The van der Waals surface area contributed by atoms with E-state index in [4.69, 9.17) is 0 Å². The molecule has 0 unspecified atom stereocenters. The van der Waals surface area contributed by atoms with Gasteiger partial charge in [0.1, 0.15) is 0 Å². The lowest BCUT2D eigenvalue weighted by Crippen LogP contribution is -1.91. The smallest absolute Gasteiger partial charge is 0.0456 e. The molecule has 1 heterocycles. The van der Waals surface area contributed by atoms with Gasteiger partial charge in [-0.25, -0.2) is 0 Å². The third kappa shape index (κ3) is 2.97. The molecule has 20 heavy (non-hydrogen) atoms. The first-order valence-electron chi connectivity index (χ1n) is 7.01. The molecule has 0 saturated heterocycles. The molecular weight excluding hydrogens is 244 g/mol. The number of fused-ring (bicyclic) bond motifs is 1. The largest absolute Gasteiger partial charge is 0.361 e. The Morgan fingerprint density at radius 3 is 2.65 bits per heavy atom. The lowest BCUT2D eigenvalue weighted by molar-refractivity contribution is 0.976. The van der Waals surface area contributed by atoms with Gasteiger partial charge in [0.25, 0.3) is 0 Å². The molecule has 3 aromatic rings. The van der Waals surface area contributed by atoms with Crippen LogP contribution >= 0.6 is 0 Å². The molecule has 0 aliphatic carbocycles. The van der Waals surface area contributed by atoms with Crippen molar-refractivity contribution in [2.75, 3.05) is 6.54 Å². The molecule has 1 aromatic heterocycles. The summed E-state index contributed by atoms with van der Waals surface area (Å²) in [6.45, 7) is 0.842. The number of hydrogen-bond donors (Lipinski definition) is 1. The molecular formula is C18H18N2. The topological polar surface area (TPSA) is 28.1 Å². The molecule has 0 radical (unpaired) electrons. The molecule has 0 amide bonds. The van der Waals surface area contributed by atoms with Crippen LogP contribution in [0.1, 0.15) is 11.1 Å². The van der Waals surface area contributed by atoms with Gasteiger partial charge in [-0.3, -0.25) is 4.99 Å². The molecule has 0 atom stereocenters. The van der Waals surface area contributed by atoms with E-state index in [9.17, 15) is 0 Å². The molecule has 0 bridgehead atoms. The molecule has 100 valence electrons. The molecule has 3 rings (SSSR count). The standard InChI is InChI=1S/C18H18N2/c1-2-6-15(7-3-1)10-12-19-13-11-16-14-20-18-9-5-4-8-17(16)18/h1-9,12,14,20H,10-11,13H2. The zero-order valence-electron chi connectivity index (χ0n) is 11.4. The number of para-hydroxylation sites is 1. The number of benzene rings is 2. The van der Waals surface area contributed by atoms with Crippen molar-refractivity contribution in [3.63, 3.8) is 0 Å². The van der Waals surface area contributed by atoms with E-state index in [0.29, 0.717) is 0 Å². The Morgan fingerprint density at radius 2 is 1.75 bits per heavy atom. The number of nitrogens with one attached hydrogen (secondary N) is 1. The zero-order valence-corrected chi connectivity index (χ0v) is 11.4. The van der Waals surface area contributed by atoms with Crippen LogP contribution < -0.4 is 0 Å². The predicted octanol–water partition coefficient (Wildman–Crippen LogP) is 4.02. The summed E-state index contributed by atoms with van der Waals surface area (Å²) in [5.74, 6) is 0. The van der Waals surface area contributed by atoms with Crippen LogP contribution in [0.4, 0.5) is 0 Å². The van der Waals surface area contributed by atoms with Crippen LogP contribution in [0.3, 0.4) is 0 Å². The van der Waals surface area contributed by atoms with Crippen LogP contribution in [0.15, 0.2) is 65.8 Å². The second kappa shape index (κ2) is 6.20. The van der Waals surface area contributed by atoms with Gasteiger partial charge in [0, 0.05) is 36.3 Å². The van der Waals surface area contributed by atoms with E-state index in [-0.39, 0.29) is 0 Å². The summed E-state index contributed by atoms with van der Waals surface area (Å²) in [6.07, 6.45) is 6.01. The molecule has 0 aliphatic heterocycles. The summed E-state index contributed by atoms with van der Waals surface area (Å²) in [6, 6.07) is 18.8. The maximum Gasteiger partial charge on any atom is 0.0456 e. The Morgan fingerprint density at radius 1 is 0.950 bits per heavy atom. The minimum Gasteiger partial charge on any atom is -0.361 e. The molecule has 2 aromatic carbocycles. The molecule has 0 spiro atoms. The fourth-order valence-electron chi connectivity index (χ4n) is 2.40.